The van der Waals surface area contributed by atoms with Crippen LogP contribution in [0.15, 0.2) is 42.5 Å². The van der Waals surface area contributed by atoms with Crippen LogP contribution in [-0.4, -0.2) is 0 Å². The number of anilines is 1. The van der Waals surface area contributed by atoms with Gasteiger partial charge in [0, 0.05) is 15.1 Å². The van der Waals surface area contributed by atoms with Gasteiger partial charge in [0.15, 0.2) is 0 Å². The fraction of sp³-hybridized carbons (Fsp3) is 0.0769. The number of halogens is 3. The van der Waals surface area contributed by atoms with E-state index in [1.807, 2.05) is 24.3 Å². The van der Waals surface area contributed by atoms with Gasteiger partial charge in [-0.25, -0.2) is 4.39 Å². The van der Waals surface area contributed by atoms with Crippen molar-refractivity contribution in [3.63, 3.8) is 0 Å². The first-order valence-corrected chi connectivity index (χ1v) is 6.54. The van der Waals surface area contributed by atoms with Crippen LogP contribution in [0.4, 0.5) is 10.1 Å². The Morgan fingerprint density at radius 3 is 2.47 bits per heavy atom. The monoisotopic (exact) mass is 361 g/mol. The van der Waals surface area contributed by atoms with Gasteiger partial charge >= 0.3 is 0 Å². The Morgan fingerprint density at radius 2 is 1.82 bits per heavy atom. The van der Waals surface area contributed by atoms with E-state index in [1.165, 1.54) is 9.64 Å². The lowest BCUT2D eigenvalue weighted by atomic mass is 10.2. The molecule has 0 radical (unpaired) electrons. The molecule has 1 N–H and O–H groups in total. The fourth-order valence-electron chi connectivity index (χ4n) is 1.43. The van der Waals surface area contributed by atoms with Gasteiger partial charge in [0.2, 0.25) is 0 Å². The molecule has 0 atom stereocenters. The Hall–Kier alpha value is -0.810. The summed E-state index contributed by atoms with van der Waals surface area (Å²) in [7, 11) is 0. The molecule has 0 amide bonds. The summed E-state index contributed by atoms with van der Waals surface area (Å²) >= 11 is 7.93. The topological polar surface area (TPSA) is 12.0 Å². The quantitative estimate of drug-likeness (QED) is 0.782. The SMILES string of the molecule is Fc1cc(Cl)ccc1NCc1ccc(I)cc1. The molecular formula is C13H10ClFIN. The van der Waals surface area contributed by atoms with E-state index >= 15 is 0 Å². The normalized spacial score (nSPS) is 10.3. The van der Waals surface area contributed by atoms with Gasteiger partial charge in [-0.1, -0.05) is 23.7 Å². The number of nitrogens with one attached hydrogen (secondary N) is 1. The molecule has 0 aliphatic carbocycles. The molecule has 2 aromatic rings. The minimum absolute atomic E-state index is 0.331. The van der Waals surface area contributed by atoms with Crippen LogP contribution in [0.1, 0.15) is 5.56 Å². The highest BCUT2D eigenvalue weighted by Crippen LogP contribution is 2.19. The maximum absolute atomic E-state index is 13.5. The lowest BCUT2D eigenvalue weighted by Crippen LogP contribution is -2.01. The van der Waals surface area contributed by atoms with E-state index in [0.29, 0.717) is 17.3 Å². The summed E-state index contributed by atoms with van der Waals surface area (Å²) < 4.78 is 14.7. The van der Waals surface area contributed by atoms with Crippen LogP contribution in [0.25, 0.3) is 0 Å². The van der Waals surface area contributed by atoms with Crippen molar-refractivity contribution in [2.45, 2.75) is 6.54 Å². The minimum Gasteiger partial charge on any atom is -0.379 e. The largest absolute Gasteiger partial charge is 0.379 e. The average Bonchev–Trinajstić information content (AvgIpc) is 2.30. The Balaban J connectivity index is 2.04. The van der Waals surface area contributed by atoms with Crippen LogP contribution in [0.5, 0.6) is 0 Å². The third-order valence-corrected chi connectivity index (χ3v) is 3.28. The molecule has 0 unspecified atom stereocenters. The molecule has 0 aromatic heterocycles. The third kappa shape index (κ3) is 3.57. The van der Waals surface area contributed by atoms with Gasteiger partial charge in [-0.05, 0) is 58.5 Å². The van der Waals surface area contributed by atoms with Crippen LogP contribution in [0.3, 0.4) is 0 Å². The summed E-state index contributed by atoms with van der Waals surface area (Å²) in [5.74, 6) is -0.331. The summed E-state index contributed by atoms with van der Waals surface area (Å²) in [6.07, 6.45) is 0. The Morgan fingerprint density at radius 1 is 1.12 bits per heavy atom. The van der Waals surface area contributed by atoms with Crippen molar-refractivity contribution in [2.75, 3.05) is 5.32 Å². The second-order valence-corrected chi connectivity index (χ2v) is 5.29. The first-order valence-electron chi connectivity index (χ1n) is 5.08. The van der Waals surface area contributed by atoms with Crippen LogP contribution >= 0.6 is 34.2 Å². The zero-order valence-electron chi connectivity index (χ0n) is 8.88. The smallest absolute Gasteiger partial charge is 0.147 e. The first kappa shape index (κ1) is 12.6. The third-order valence-electron chi connectivity index (χ3n) is 2.33. The summed E-state index contributed by atoms with van der Waals surface area (Å²) in [5.41, 5.74) is 1.58. The predicted octanol–water partition coefficient (Wildman–Crippen LogP) is 4.70. The second kappa shape index (κ2) is 5.69. The number of hydrogen-bond acceptors (Lipinski definition) is 1. The lowest BCUT2D eigenvalue weighted by Gasteiger charge is -2.08. The van der Waals surface area contributed by atoms with Gasteiger partial charge in [0.1, 0.15) is 5.82 Å². The van der Waals surface area contributed by atoms with Crippen molar-refractivity contribution in [1.29, 1.82) is 0 Å². The van der Waals surface area contributed by atoms with Crippen LogP contribution in [-0.2, 0) is 6.54 Å². The molecule has 0 fully saturated rings. The summed E-state index contributed by atoms with van der Waals surface area (Å²) in [4.78, 5) is 0. The van der Waals surface area contributed by atoms with E-state index in [1.54, 1.807) is 12.1 Å². The lowest BCUT2D eigenvalue weighted by molar-refractivity contribution is 0.630. The van der Waals surface area contributed by atoms with Gasteiger partial charge in [-0.15, -0.1) is 0 Å². The molecule has 2 rings (SSSR count). The maximum atomic E-state index is 13.5. The highest BCUT2D eigenvalue weighted by atomic mass is 127. The summed E-state index contributed by atoms with van der Waals surface area (Å²) in [6.45, 7) is 0.593. The fourth-order valence-corrected chi connectivity index (χ4v) is 1.95. The van der Waals surface area contributed by atoms with E-state index in [0.717, 1.165) is 5.56 Å². The molecule has 1 nitrogen and oxygen atoms in total. The van der Waals surface area contributed by atoms with Gasteiger partial charge < -0.3 is 5.32 Å². The number of rotatable bonds is 3. The van der Waals surface area contributed by atoms with Crippen molar-refractivity contribution >= 4 is 39.9 Å². The van der Waals surface area contributed by atoms with Gasteiger partial charge in [-0.2, -0.15) is 0 Å². The van der Waals surface area contributed by atoms with Crippen molar-refractivity contribution in [2.24, 2.45) is 0 Å². The highest BCUT2D eigenvalue weighted by molar-refractivity contribution is 14.1. The minimum atomic E-state index is -0.331. The molecule has 2 aromatic carbocycles. The zero-order chi connectivity index (χ0) is 12.3. The van der Waals surface area contributed by atoms with Crippen LogP contribution in [0.2, 0.25) is 5.02 Å². The van der Waals surface area contributed by atoms with E-state index in [9.17, 15) is 4.39 Å². The maximum Gasteiger partial charge on any atom is 0.147 e. The van der Waals surface area contributed by atoms with E-state index in [2.05, 4.69) is 27.9 Å². The molecule has 0 heterocycles. The molecule has 0 saturated carbocycles. The van der Waals surface area contributed by atoms with Crippen LogP contribution in [0, 0.1) is 9.39 Å². The van der Waals surface area contributed by atoms with E-state index in [4.69, 9.17) is 11.6 Å². The standard InChI is InChI=1S/C13H10ClFIN/c14-10-3-6-13(12(15)7-10)17-8-9-1-4-11(16)5-2-9/h1-7,17H,8H2. The summed E-state index contributed by atoms with van der Waals surface area (Å²) in [5, 5.41) is 3.44. The molecule has 17 heavy (non-hydrogen) atoms. The molecule has 0 aliphatic rings. The van der Waals surface area contributed by atoms with Gasteiger partial charge in [0.05, 0.1) is 5.69 Å². The van der Waals surface area contributed by atoms with Crippen molar-refractivity contribution in [3.8, 4) is 0 Å². The van der Waals surface area contributed by atoms with Gasteiger partial charge in [-0.3, -0.25) is 0 Å². The van der Waals surface area contributed by atoms with E-state index < -0.39 is 0 Å². The summed E-state index contributed by atoms with van der Waals surface area (Å²) in [6, 6.07) is 12.7. The van der Waals surface area contributed by atoms with Crippen molar-refractivity contribution in [3.05, 3.63) is 62.4 Å². The average molecular weight is 362 g/mol. The molecule has 0 bridgehead atoms. The van der Waals surface area contributed by atoms with Crippen molar-refractivity contribution < 1.29 is 4.39 Å². The highest BCUT2D eigenvalue weighted by Gasteiger charge is 2.02. The number of benzene rings is 2. The second-order valence-electron chi connectivity index (χ2n) is 3.60. The Bertz CT molecular complexity index is 513. The predicted molar refractivity (Wildman–Crippen MR) is 77.9 cm³/mol. The van der Waals surface area contributed by atoms with Gasteiger partial charge in [0.25, 0.3) is 0 Å². The number of hydrogen-bond donors (Lipinski definition) is 1. The molecule has 4 heteroatoms. The van der Waals surface area contributed by atoms with E-state index in [-0.39, 0.29) is 5.82 Å². The van der Waals surface area contributed by atoms with Crippen molar-refractivity contribution in [1.82, 2.24) is 0 Å². The molecule has 0 saturated heterocycles. The Kier molecular flexibility index (Phi) is 4.23. The Labute approximate surface area is 118 Å². The molecular weight excluding hydrogens is 352 g/mol. The molecule has 0 spiro atoms. The van der Waals surface area contributed by atoms with Crippen LogP contribution < -0.4 is 5.32 Å². The molecule has 88 valence electrons. The first-order chi connectivity index (χ1) is 8.15. The zero-order valence-corrected chi connectivity index (χ0v) is 11.8. The molecule has 0 aliphatic heterocycles.